The Morgan fingerprint density at radius 1 is 1.12 bits per heavy atom. The number of rotatable bonds is 6. The number of benzene rings is 2. The number of methoxy groups -OCH3 is 1. The second kappa shape index (κ2) is 8.78. The summed E-state index contributed by atoms with van der Waals surface area (Å²) in [5.41, 5.74) is 2.95. The summed E-state index contributed by atoms with van der Waals surface area (Å²) in [6.07, 6.45) is 7.06. The molecule has 1 atom stereocenters. The molecule has 24 heavy (non-hydrogen) atoms. The number of hydrogen-bond acceptors (Lipinski definition) is 2. The van der Waals surface area contributed by atoms with Crippen LogP contribution in [-0.4, -0.2) is 19.2 Å². The molecule has 0 bridgehead atoms. The van der Waals surface area contributed by atoms with Crippen LogP contribution in [-0.2, 0) is 9.53 Å². The first kappa shape index (κ1) is 17.6. The molecule has 0 N–H and O–H groups in total. The number of allylic oxidation sites excluding steroid dienone is 2. The highest BCUT2D eigenvalue weighted by Gasteiger charge is 2.13. The molecule has 0 saturated carbocycles. The molecule has 2 nitrogen and oxygen atoms in total. The summed E-state index contributed by atoms with van der Waals surface area (Å²) in [6.45, 7) is 1.81. The molecule has 2 aromatic rings. The van der Waals surface area contributed by atoms with Gasteiger partial charge in [-0.25, -0.2) is 9.18 Å². The van der Waals surface area contributed by atoms with Gasteiger partial charge in [-0.1, -0.05) is 60.7 Å². The maximum absolute atomic E-state index is 13.1. The molecule has 1 unspecified atom stereocenters. The van der Waals surface area contributed by atoms with Gasteiger partial charge in [0.25, 0.3) is 0 Å². The highest BCUT2D eigenvalue weighted by Crippen LogP contribution is 2.22. The standard InChI is InChI=1S/C21H19FO2/c1-16(24-2)21(15-23)20-13-6-5-11-18(20)10-4-3-8-17-9-7-12-19(22)14-17/h3-14,16H,1-2H3/b8-3+,10-4+. The fourth-order valence-corrected chi connectivity index (χ4v) is 2.30. The zero-order chi connectivity index (χ0) is 17.4. The molecule has 0 amide bonds. The van der Waals surface area contributed by atoms with Crippen molar-refractivity contribution in [2.45, 2.75) is 13.0 Å². The molecule has 0 heterocycles. The quantitative estimate of drug-likeness (QED) is 0.564. The molecule has 0 aliphatic heterocycles. The number of carbonyl (C=O) groups excluding carboxylic acids is 1. The largest absolute Gasteiger partial charge is 0.376 e. The van der Waals surface area contributed by atoms with Crippen molar-refractivity contribution in [2.24, 2.45) is 0 Å². The predicted molar refractivity (Wildman–Crippen MR) is 96.5 cm³/mol. The van der Waals surface area contributed by atoms with Crippen molar-refractivity contribution in [3.8, 4) is 0 Å². The van der Waals surface area contributed by atoms with Crippen molar-refractivity contribution in [2.75, 3.05) is 7.11 Å². The van der Waals surface area contributed by atoms with E-state index in [4.69, 9.17) is 4.74 Å². The second-order valence-electron chi connectivity index (χ2n) is 5.25. The summed E-state index contributed by atoms with van der Waals surface area (Å²) in [6, 6.07) is 13.9. The lowest BCUT2D eigenvalue weighted by Gasteiger charge is -2.13. The third-order valence-corrected chi connectivity index (χ3v) is 3.65. The van der Waals surface area contributed by atoms with E-state index in [1.807, 2.05) is 67.5 Å². The average molecular weight is 322 g/mol. The van der Waals surface area contributed by atoms with Gasteiger partial charge >= 0.3 is 0 Å². The fourth-order valence-electron chi connectivity index (χ4n) is 2.30. The van der Waals surface area contributed by atoms with Gasteiger partial charge in [0.15, 0.2) is 0 Å². The average Bonchev–Trinajstić information content (AvgIpc) is 2.60. The first-order valence-corrected chi connectivity index (χ1v) is 7.63. The summed E-state index contributed by atoms with van der Waals surface area (Å²) in [4.78, 5) is 11.3. The fraction of sp³-hybridized carbons (Fsp3) is 0.143. The van der Waals surface area contributed by atoms with Crippen LogP contribution < -0.4 is 0 Å². The minimum atomic E-state index is -0.333. The highest BCUT2D eigenvalue weighted by molar-refractivity contribution is 5.92. The summed E-state index contributed by atoms with van der Waals surface area (Å²) in [5, 5.41) is 0. The van der Waals surface area contributed by atoms with Gasteiger partial charge in [0.1, 0.15) is 11.8 Å². The van der Waals surface area contributed by atoms with Gasteiger partial charge in [-0.3, -0.25) is 0 Å². The van der Waals surface area contributed by atoms with Crippen LogP contribution >= 0.6 is 0 Å². The van der Waals surface area contributed by atoms with E-state index < -0.39 is 0 Å². The van der Waals surface area contributed by atoms with Crippen molar-refractivity contribution in [3.63, 3.8) is 0 Å². The van der Waals surface area contributed by atoms with Crippen LogP contribution in [0.4, 0.5) is 4.39 Å². The third kappa shape index (κ3) is 4.63. The van der Waals surface area contributed by atoms with Gasteiger partial charge < -0.3 is 4.74 Å². The number of halogens is 1. The van der Waals surface area contributed by atoms with E-state index in [0.29, 0.717) is 5.57 Å². The van der Waals surface area contributed by atoms with Crippen molar-refractivity contribution in [1.82, 2.24) is 0 Å². The Morgan fingerprint density at radius 3 is 2.58 bits per heavy atom. The lowest BCUT2D eigenvalue weighted by atomic mass is 9.97. The van der Waals surface area contributed by atoms with Gasteiger partial charge in [0.2, 0.25) is 0 Å². The Kier molecular flexibility index (Phi) is 6.44. The molecule has 0 aromatic heterocycles. The summed E-state index contributed by atoms with van der Waals surface area (Å²) in [5.74, 6) is 1.72. The van der Waals surface area contributed by atoms with Crippen molar-refractivity contribution >= 4 is 23.7 Å². The van der Waals surface area contributed by atoms with Crippen LogP contribution in [0.15, 0.2) is 60.7 Å². The molecule has 2 aromatic carbocycles. The normalized spacial score (nSPS) is 12.5. The van der Waals surface area contributed by atoms with Crippen molar-refractivity contribution in [1.29, 1.82) is 0 Å². The first-order chi connectivity index (χ1) is 11.7. The Bertz CT molecular complexity index is 799. The summed E-state index contributed by atoms with van der Waals surface area (Å²) < 4.78 is 18.4. The monoisotopic (exact) mass is 322 g/mol. The Morgan fingerprint density at radius 2 is 1.88 bits per heavy atom. The topological polar surface area (TPSA) is 26.3 Å². The van der Waals surface area contributed by atoms with Crippen LogP contribution in [0.1, 0.15) is 23.6 Å². The third-order valence-electron chi connectivity index (χ3n) is 3.65. The van der Waals surface area contributed by atoms with Gasteiger partial charge in [0.05, 0.1) is 11.7 Å². The Hall–Kier alpha value is -2.74. The minimum absolute atomic E-state index is 0.263. The van der Waals surface area contributed by atoms with Crippen LogP contribution in [0, 0.1) is 5.82 Å². The van der Waals surface area contributed by atoms with Gasteiger partial charge in [-0.15, -0.1) is 0 Å². The van der Waals surface area contributed by atoms with Crippen LogP contribution in [0.25, 0.3) is 17.7 Å². The van der Waals surface area contributed by atoms with E-state index in [2.05, 4.69) is 0 Å². The maximum Gasteiger partial charge on any atom is 0.131 e. The number of hydrogen-bond donors (Lipinski definition) is 0. The predicted octanol–water partition coefficient (Wildman–Crippen LogP) is 4.80. The number of ether oxygens (including phenoxy) is 1. The van der Waals surface area contributed by atoms with E-state index >= 15 is 0 Å². The molecule has 0 saturated heterocycles. The maximum atomic E-state index is 13.1. The summed E-state index contributed by atoms with van der Waals surface area (Å²) >= 11 is 0. The van der Waals surface area contributed by atoms with Crippen LogP contribution in [0.5, 0.6) is 0 Å². The van der Waals surface area contributed by atoms with Gasteiger partial charge in [-0.05, 0) is 35.7 Å². The van der Waals surface area contributed by atoms with E-state index in [1.54, 1.807) is 13.2 Å². The molecule has 0 aliphatic rings. The molecule has 0 radical (unpaired) electrons. The van der Waals surface area contributed by atoms with Crippen LogP contribution in [0.2, 0.25) is 0 Å². The smallest absolute Gasteiger partial charge is 0.131 e. The van der Waals surface area contributed by atoms with E-state index in [0.717, 1.165) is 16.7 Å². The molecular weight excluding hydrogens is 303 g/mol. The second-order valence-corrected chi connectivity index (χ2v) is 5.25. The lowest BCUT2D eigenvalue weighted by molar-refractivity contribution is 0.164. The van der Waals surface area contributed by atoms with Crippen molar-refractivity contribution < 1.29 is 13.9 Å². The minimum Gasteiger partial charge on any atom is -0.376 e. The lowest BCUT2D eigenvalue weighted by Crippen LogP contribution is -2.09. The molecule has 0 fully saturated rings. The van der Waals surface area contributed by atoms with Gasteiger partial charge in [-0.2, -0.15) is 0 Å². The zero-order valence-corrected chi connectivity index (χ0v) is 13.7. The molecule has 122 valence electrons. The zero-order valence-electron chi connectivity index (χ0n) is 13.7. The molecular formula is C21H19FO2. The SMILES string of the molecule is COC(C)C(=C=O)c1ccccc1/C=C/C=C/c1cccc(F)c1. The highest BCUT2D eigenvalue weighted by atomic mass is 19.1. The van der Waals surface area contributed by atoms with Crippen LogP contribution in [0.3, 0.4) is 0 Å². The first-order valence-electron chi connectivity index (χ1n) is 7.63. The van der Waals surface area contributed by atoms with E-state index in [1.165, 1.54) is 12.1 Å². The molecule has 3 heteroatoms. The van der Waals surface area contributed by atoms with E-state index in [9.17, 15) is 9.18 Å². The summed E-state index contributed by atoms with van der Waals surface area (Å²) in [7, 11) is 1.56. The molecule has 2 rings (SSSR count). The van der Waals surface area contributed by atoms with E-state index in [-0.39, 0.29) is 11.9 Å². The van der Waals surface area contributed by atoms with Crippen molar-refractivity contribution in [3.05, 3.63) is 83.2 Å². The Balaban J connectivity index is 2.22. The Labute approximate surface area is 141 Å². The van der Waals surface area contributed by atoms with Gasteiger partial charge in [0, 0.05) is 7.11 Å². The molecule has 0 aliphatic carbocycles. The molecule has 0 spiro atoms.